The smallest absolute Gasteiger partial charge is 0.423 e. The molecule has 6 aliphatic rings. The first kappa shape index (κ1) is 77.1. The summed E-state index contributed by atoms with van der Waals surface area (Å²) in [6, 6.07) is 33.4. The van der Waals surface area contributed by atoms with Crippen molar-refractivity contribution in [2.45, 2.75) is 34.1 Å². The third kappa shape index (κ3) is 20.7. The second-order valence-electron chi connectivity index (χ2n) is 20.4. The molecule has 101 heavy (non-hydrogen) atoms. The number of phenols is 3. The maximum Gasteiger partial charge on any atom is 0.423 e. The van der Waals surface area contributed by atoms with Crippen molar-refractivity contribution in [3.05, 3.63) is 243 Å². The van der Waals surface area contributed by atoms with Gasteiger partial charge in [-0.2, -0.15) is 0 Å². The zero-order valence-corrected chi connectivity index (χ0v) is 57.0. The van der Waals surface area contributed by atoms with E-state index in [0.29, 0.717) is 68.0 Å². The van der Waals surface area contributed by atoms with Crippen molar-refractivity contribution < 1.29 is 87.9 Å². The number of aromatic nitrogens is 6. The standard InChI is InChI=1S/C14H4Cl6O4.C14H9NO4.C13H9NO2.C12H7NO3.C10H10N4O2.C5H7N.2H2O2/c15-5-1-7(17)11(8(18)2-5)23-13(21)14(22)24-12-9(19)3-6(16)4-10(12)20;1-8(16)15-11-4-2-9(17)6-13(11)19-14-7-10(18)3-5-12(14)15;1-8-2-4-10-12(6-8)16-13-7-9(15)3-5-11(13)14-10;14-7-1-3-9-11(5-7)16-12-6-8(15)2-4-10(12)13-9;1-7-3-13(5-11-7)9(15)10(16)14-4-8(2)12-6-14;1-5-3-2-4-6-5;2*1-2/h1-4H;2-7H,1H3;2-7,15H,1H2;1-6,14H;3-6H,1-2H3;3-4H,2H2,1H3;2*1-2H/p+1. The number of phenolic OH excluding ortho intramolecular Hbond substituents is 3. The van der Waals surface area contributed by atoms with E-state index in [1.54, 1.807) is 62.4 Å². The average Bonchev–Trinajstić information content (AvgIpc) is 1.68. The zero-order valence-electron chi connectivity index (χ0n) is 52.5. The molecular weight excluding hydrogens is 1450 g/mol. The molecule has 6 heterocycles. The summed E-state index contributed by atoms with van der Waals surface area (Å²) < 4.78 is 30.1. The van der Waals surface area contributed by atoms with Crippen molar-refractivity contribution in [2.24, 2.45) is 9.98 Å². The molecule has 0 saturated heterocycles. The van der Waals surface area contributed by atoms with Crippen LogP contribution in [0.3, 0.4) is 0 Å². The molecule has 0 radical (unpaired) electrons. The van der Waals surface area contributed by atoms with E-state index in [1.165, 1.54) is 103 Å². The number of allylic oxidation sites excluding steroid dienone is 2. The van der Waals surface area contributed by atoms with Gasteiger partial charge in [-0.05, 0) is 111 Å². The number of rotatable bonds is 2. The van der Waals surface area contributed by atoms with Gasteiger partial charge in [0.1, 0.15) is 52.2 Å². The fourth-order valence-corrected chi connectivity index (χ4v) is 10.4. The van der Waals surface area contributed by atoms with Gasteiger partial charge in [-0.3, -0.25) is 54.3 Å². The number of imidazole rings is 2. The quantitative estimate of drug-likeness (QED) is 0.0161. The summed E-state index contributed by atoms with van der Waals surface area (Å²) in [7, 11) is 0. The molecule has 14 rings (SSSR count). The molecule has 2 aromatic heterocycles. The summed E-state index contributed by atoms with van der Waals surface area (Å²) in [5.41, 5.74) is 6.03. The Morgan fingerprint density at radius 1 is 0.574 bits per heavy atom. The zero-order chi connectivity index (χ0) is 73.9. The SMILES string of the molecule is C=c1ccc2c(c1)Oc1cc(O)ccc1N=2.CC(=O)[n+]1c2ccc(=O)cc-2oc2cc(O)ccc21.CC1=CCC=N1.Cc1cn(C(=O)C(=O)n2cnc(C)c2)cn1.O=C(Oc1c(Cl)cc(Cl)cc1Cl)C(=O)Oc1c(Cl)cc(Cl)cc1Cl.O=c1ccc2nc3ccc(O)cc3oc-2c1.OO.OO. The number of esters is 2. The van der Waals surface area contributed by atoms with E-state index >= 15 is 0 Å². The third-order valence-electron chi connectivity index (χ3n) is 13.0. The molecule has 8 aromatic rings. The number of carbonyl (C=O) groups is 5. The van der Waals surface area contributed by atoms with E-state index in [0.717, 1.165) is 37.5 Å². The molecular formula is C68H51Cl6N8O19+. The molecule has 0 fully saturated rings. The van der Waals surface area contributed by atoms with Gasteiger partial charge in [0.25, 0.3) is 11.2 Å². The lowest BCUT2D eigenvalue weighted by Gasteiger charge is -2.13. The second kappa shape index (κ2) is 35.5. The summed E-state index contributed by atoms with van der Waals surface area (Å²) in [5.74, 6) is -2.48. The Labute approximate surface area is 598 Å². The number of ether oxygens (including phenoxy) is 3. The first-order valence-electron chi connectivity index (χ1n) is 28.4. The van der Waals surface area contributed by atoms with Crippen LogP contribution in [-0.4, -0.2) is 96.3 Å². The summed E-state index contributed by atoms with van der Waals surface area (Å²) in [4.78, 5) is 102. The first-order chi connectivity index (χ1) is 48.2. The van der Waals surface area contributed by atoms with Crippen molar-refractivity contribution in [1.82, 2.24) is 24.1 Å². The Morgan fingerprint density at radius 2 is 1.08 bits per heavy atom. The fraction of sp³-hybridized carbons (Fsp3) is 0.0735. The molecule has 0 saturated carbocycles. The van der Waals surface area contributed by atoms with Crippen molar-refractivity contribution >= 4 is 140 Å². The molecule has 2 aliphatic carbocycles. The topological polar surface area (TPSA) is 392 Å². The maximum absolute atomic E-state index is 11.8. The summed E-state index contributed by atoms with van der Waals surface area (Å²) >= 11 is 34.9. The minimum atomic E-state index is -1.39. The molecule has 0 bridgehead atoms. The molecule has 4 aliphatic heterocycles. The predicted molar refractivity (Wildman–Crippen MR) is 373 cm³/mol. The maximum atomic E-state index is 11.8. The van der Waals surface area contributed by atoms with Crippen LogP contribution in [0.4, 0.5) is 5.69 Å². The van der Waals surface area contributed by atoms with Crippen LogP contribution < -0.4 is 40.2 Å². The monoisotopic (exact) mass is 1490 g/mol. The van der Waals surface area contributed by atoms with Gasteiger partial charge in [0, 0.05) is 83.2 Å². The van der Waals surface area contributed by atoms with Gasteiger partial charge in [0.05, 0.1) is 38.4 Å². The van der Waals surface area contributed by atoms with Crippen LogP contribution in [0, 0.1) is 13.8 Å². The molecule has 518 valence electrons. The number of hydrogen-bond donors (Lipinski definition) is 7. The van der Waals surface area contributed by atoms with Gasteiger partial charge in [0.2, 0.25) is 11.3 Å². The number of nitrogens with zero attached hydrogens (tertiary/aromatic N) is 8. The van der Waals surface area contributed by atoms with Crippen molar-refractivity contribution in [2.75, 3.05) is 0 Å². The van der Waals surface area contributed by atoms with Crippen molar-refractivity contribution in [3.63, 3.8) is 0 Å². The Hall–Kier alpha value is -11.2. The number of fused-ring (bicyclic) bond motifs is 6. The molecule has 0 amide bonds. The highest BCUT2D eigenvalue weighted by molar-refractivity contribution is 6.42. The summed E-state index contributed by atoms with van der Waals surface area (Å²) in [5, 5.41) is 54.0. The Bertz CT molecular complexity index is 5180. The van der Waals surface area contributed by atoms with E-state index in [1.807, 2.05) is 31.3 Å². The number of benzene rings is 8. The van der Waals surface area contributed by atoms with Gasteiger partial charge >= 0.3 is 29.7 Å². The lowest BCUT2D eigenvalue weighted by Crippen LogP contribution is -2.43. The van der Waals surface area contributed by atoms with Crippen LogP contribution >= 0.6 is 69.6 Å². The van der Waals surface area contributed by atoms with Crippen LogP contribution in [-0.2, 0) is 9.59 Å². The molecule has 0 spiro atoms. The molecule has 0 unspecified atom stereocenters. The number of aryl methyl sites for hydroxylation is 2. The highest BCUT2D eigenvalue weighted by Crippen LogP contribution is 2.39. The molecule has 6 aromatic carbocycles. The van der Waals surface area contributed by atoms with Crippen molar-refractivity contribution in [3.8, 4) is 63.2 Å². The molecule has 0 atom stereocenters. The fourth-order valence-electron chi connectivity index (χ4n) is 8.65. The number of hydrogen-bond acceptors (Lipinski definition) is 24. The summed E-state index contributed by atoms with van der Waals surface area (Å²) in [6.07, 6.45) is 10.7. The number of aliphatic imine (C=N–C) groups is 1. The highest BCUT2D eigenvalue weighted by Gasteiger charge is 2.28. The predicted octanol–water partition coefficient (Wildman–Crippen LogP) is 13.6. The van der Waals surface area contributed by atoms with Crippen LogP contribution in [0.15, 0.2) is 199 Å². The van der Waals surface area contributed by atoms with Gasteiger partial charge < -0.3 is 38.4 Å². The van der Waals surface area contributed by atoms with E-state index in [2.05, 4.69) is 37.6 Å². The van der Waals surface area contributed by atoms with E-state index in [-0.39, 0.29) is 75.6 Å². The first-order valence-corrected chi connectivity index (χ1v) is 30.7. The summed E-state index contributed by atoms with van der Waals surface area (Å²) in [6.45, 7) is 10.8. The number of halogens is 6. The minimum absolute atomic E-state index is 0.0315. The Morgan fingerprint density at radius 3 is 1.58 bits per heavy atom. The van der Waals surface area contributed by atoms with E-state index in [9.17, 15) is 48.9 Å². The number of aromatic hydroxyl groups is 3. The van der Waals surface area contributed by atoms with Crippen LogP contribution in [0.25, 0.3) is 51.7 Å². The normalized spacial score (nSPS) is 11.0. The Balaban J connectivity index is 0.000000172. The van der Waals surface area contributed by atoms with Crippen LogP contribution in [0.2, 0.25) is 30.1 Å². The van der Waals surface area contributed by atoms with Crippen LogP contribution in [0.5, 0.6) is 40.2 Å². The average molecular weight is 1500 g/mol. The highest BCUT2D eigenvalue weighted by atomic mass is 35.5. The largest absolute Gasteiger partial charge is 0.508 e. The van der Waals surface area contributed by atoms with E-state index in [4.69, 9.17) is 114 Å². The second-order valence-corrected chi connectivity index (χ2v) is 22.9. The van der Waals surface area contributed by atoms with Gasteiger partial charge in [-0.25, -0.2) is 34.3 Å². The van der Waals surface area contributed by atoms with Crippen LogP contribution in [0.1, 0.15) is 46.0 Å². The lowest BCUT2D eigenvalue weighted by atomic mass is 10.2. The minimum Gasteiger partial charge on any atom is -0.508 e. The van der Waals surface area contributed by atoms with Gasteiger partial charge in [-0.15, -0.1) is 4.57 Å². The van der Waals surface area contributed by atoms with Crippen molar-refractivity contribution in [1.29, 1.82) is 0 Å². The molecule has 33 heteroatoms. The van der Waals surface area contributed by atoms with E-state index < -0.39 is 23.8 Å². The van der Waals surface area contributed by atoms with Gasteiger partial charge in [-0.1, -0.05) is 88.3 Å². The third-order valence-corrected chi connectivity index (χ3v) is 14.6. The molecule has 27 nitrogen and oxygen atoms in total. The lowest BCUT2D eigenvalue weighted by molar-refractivity contribution is -0.534. The Kier molecular flexibility index (Phi) is 27.1. The molecule has 7 N–H and O–H groups in total. The van der Waals surface area contributed by atoms with Gasteiger partial charge in [0.15, 0.2) is 45.2 Å². The number of carbonyl (C=O) groups excluding carboxylic acids is 5.